The van der Waals surface area contributed by atoms with Crippen LogP contribution in [-0.4, -0.2) is 41.1 Å². The zero-order valence-corrected chi connectivity index (χ0v) is 16.1. The number of hydrogen-bond donors (Lipinski definition) is 1. The van der Waals surface area contributed by atoms with Gasteiger partial charge in [0, 0.05) is 12.2 Å². The predicted molar refractivity (Wildman–Crippen MR) is 104 cm³/mol. The van der Waals surface area contributed by atoms with E-state index in [1.807, 2.05) is 12.2 Å². The van der Waals surface area contributed by atoms with Gasteiger partial charge in [0.15, 0.2) is 0 Å². The minimum Gasteiger partial charge on any atom is -0.478 e. The number of rotatable bonds is 15. The van der Waals surface area contributed by atoms with Crippen LogP contribution in [0.25, 0.3) is 0 Å². The summed E-state index contributed by atoms with van der Waals surface area (Å²) in [5, 5.41) is 8.86. The van der Waals surface area contributed by atoms with Gasteiger partial charge in [-0.3, -0.25) is 4.48 Å². The molecule has 1 N–H and O–H groups in total. The first-order chi connectivity index (χ1) is 12.0. The van der Waals surface area contributed by atoms with Crippen molar-refractivity contribution < 1.29 is 19.2 Å². The Morgan fingerprint density at radius 3 is 1.92 bits per heavy atom. The van der Waals surface area contributed by atoms with E-state index in [4.69, 9.17) is 5.11 Å². The van der Waals surface area contributed by atoms with Crippen LogP contribution in [0.5, 0.6) is 0 Å². The van der Waals surface area contributed by atoms with Crippen molar-refractivity contribution in [3.05, 3.63) is 37.0 Å². The van der Waals surface area contributed by atoms with Crippen LogP contribution in [0.4, 0.5) is 0 Å². The third-order valence-electron chi connectivity index (χ3n) is 4.44. The molecule has 25 heavy (non-hydrogen) atoms. The van der Waals surface area contributed by atoms with Gasteiger partial charge in [-0.2, -0.15) is 0 Å². The highest BCUT2D eigenvalue weighted by molar-refractivity contribution is 5.90. The number of nitrogens with zero attached hydrogens (tertiary/aromatic N) is 1. The molecule has 0 aromatic rings. The van der Waals surface area contributed by atoms with Crippen LogP contribution in [0.1, 0.15) is 65.2 Å². The molecular formula is C21H36NO3+. The number of quaternary nitrogens is 1. The molecule has 0 spiro atoms. The number of allylic oxidation sites excluding steroid dienone is 2. The Morgan fingerprint density at radius 1 is 0.920 bits per heavy atom. The van der Waals surface area contributed by atoms with Gasteiger partial charge in [-0.1, -0.05) is 58.3 Å². The highest BCUT2D eigenvalue weighted by Gasteiger charge is 2.32. The summed E-state index contributed by atoms with van der Waals surface area (Å²) in [6.07, 6.45) is 16.5. The number of carbonyl (C=O) groups is 2. The van der Waals surface area contributed by atoms with Crippen molar-refractivity contribution in [1.29, 1.82) is 0 Å². The fourth-order valence-electron chi connectivity index (χ4n) is 2.95. The summed E-state index contributed by atoms with van der Waals surface area (Å²) in [4.78, 5) is 23.7. The van der Waals surface area contributed by atoms with Crippen molar-refractivity contribution in [3.63, 3.8) is 0 Å². The number of carbonyl (C=O) groups excluding carboxylic acids is 1. The van der Waals surface area contributed by atoms with Crippen LogP contribution in [0.15, 0.2) is 37.0 Å². The Morgan fingerprint density at radius 2 is 1.48 bits per heavy atom. The second kappa shape index (κ2) is 14.6. The van der Waals surface area contributed by atoms with E-state index in [0.29, 0.717) is 11.0 Å². The van der Waals surface area contributed by atoms with Gasteiger partial charge in [0.1, 0.15) is 6.54 Å². The average molecular weight is 351 g/mol. The molecule has 4 nitrogen and oxygen atoms in total. The first-order valence-corrected chi connectivity index (χ1v) is 9.61. The lowest BCUT2D eigenvalue weighted by Crippen LogP contribution is -2.53. The monoisotopic (exact) mass is 350 g/mol. The van der Waals surface area contributed by atoms with E-state index in [9.17, 15) is 9.59 Å². The minimum atomic E-state index is -1.08. The molecule has 0 aromatic heterocycles. The van der Waals surface area contributed by atoms with E-state index in [-0.39, 0.29) is 5.91 Å². The maximum Gasteiger partial charge on any atom is 0.339 e. The number of carboxylic acids is 1. The number of unbranched alkanes of at least 4 members (excludes halogenated alkanes) is 6. The molecule has 0 aliphatic rings. The molecule has 0 aromatic carbocycles. The smallest absolute Gasteiger partial charge is 0.339 e. The summed E-state index contributed by atoms with van der Waals surface area (Å²) in [6, 6.07) is 0. The number of carboxylic acid groups (broad SMARTS) is 1. The summed E-state index contributed by atoms with van der Waals surface area (Å²) < 4.78 is 0.307. The van der Waals surface area contributed by atoms with Crippen LogP contribution >= 0.6 is 0 Å². The minimum absolute atomic E-state index is 0.107. The van der Waals surface area contributed by atoms with Gasteiger partial charge >= 0.3 is 11.9 Å². The van der Waals surface area contributed by atoms with E-state index in [1.54, 1.807) is 6.08 Å². The Balaban J connectivity index is 5.26. The number of aliphatic carboxylic acids is 1. The SMILES string of the molecule is C=C/C=C/C[N+](CCCCCC)(CCCCCC)C(=O)/C=C\C(=O)O. The van der Waals surface area contributed by atoms with E-state index in [1.165, 1.54) is 6.08 Å². The second-order valence-electron chi connectivity index (χ2n) is 6.57. The molecule has 0 saturated carbocycles. The van der Waals surface area contributed by atoms with Crippen LogP contribution in [-0.2, 0) is 9.59 Å². The third-order valence-corrected chi connectivity index (χ3v) is 4.44. The first kappa shape index (κ1) is 23.3. The van der Waals surface area contributed by atoms with Gasteiger partial charge in [-0.15, -0.1) is 0 Å². The first-order valence-electron chi connectivity index (χ1n) is 9.61. The summed E-state index contributed by atoms with van der Waals surface area (Å²) in [7, 11) is 0. The van der Waals surface area contributed by atoms with Crippen molar-refractivity contribution in [2.24, 2.45) is 0 Å². The Hall–Kier alpha value is -1.68. The third kappa shape index (κ3) is 10.7. The lowest BCUT2D eigenvalue weighted by Gasteiger charge is -2.34. The molecule has 0 rings (SSSR count). The Kier molecular flexibility index (Phi) is 13.7. The standard InChI is InChI=1S/C21H35NO3/c1-4-7-10-13-18-22(17-12-9-6-3,19-14-11-8-5-2)20(23)15-16-21(24)25/h6,9,12,15-16H,3-5,7-8,10-11,13-14,17-19H2,1-2H3/p+1/b12-9+,16-15-. The molecule has 0 atom stereocenters. The van der Waals surface area contributed by atoms with Gasteiger partial charge in [0.25, 0.3) is 0 Å². The molecule has 0 radical (unpaired) electrons. The molecule has 142 valence electrons. The molecule has 0 fully saturated rings. The maximum atomic E-state index is 12.9. The summed E-state index contributed by atoms with van der Waals surface area (Å²) >= 11 is 0. The highest BCUT2D eigenvalue weighted by Crippen LogP contribution is 2.17. The van der Waals surface area contributed by atoms with Crippen molar-refractivity contribution in [2.45, 2.75) is 65.2 Å². The second-order valence-corrected chi connectivity index (χ2v) is 6.57. The van der Waals surface area contributed by atoms with Gasteiger partial charge in [0.2, 0.25) is 0 Å². The van der Waals surface area contributed by atoms with Crippen LogP contribution in [0.2, 0.25) is 0 Å². The van der Waals surface area contributed by atoms with E-state index < -0.39 is 5.97 Å². The molecule has 0 aliphatic heterocycles. The topological polar surface area (TPSA) is 54.4 Å². The number of hydrogen-bond acceptors (Lipinski definition) is 2. The number of amides is 1. The van der Waals surface area contributed by atoms with E-state index in [2.05, 4.69) is 20.4 Å². The van der Waals surface area contributed by atoms with Crippen LogP contribution in [0.3, 0.4) is 0 Å². The molecule has 0 bridgehead atoms. The lowest BCUT2D eigenvalue weighted by molar-refractivity contribution is -0.847. The van der Waals surface area contributed by atoms with Crippen molar-refractivity contribution >= 4 is 11.9 Å². The van der Waals surface area contributed by atoms with Crippen molar-refractivity contribution in [3.8, 4) is 0 Å². The zero-order valence-electron chi connectivity index (χ0n) is 16.1. The normalized spacial score (nSPS) is 12.1. The molecular weight excluding hydrogens is 314 g/mol. The predicted octanol–water partition coefficient (Wildman–Crippen LogP) is 4.87. The fraction of sp³-hybridized carbons (Fsp3) is 0.619. The van der Waals surface area contributed by atoms with E-state index in [0.717, 1.165) is 70.5 Å². The zero-order chi connectivity index (χ0) is 19.0. The summed E-state index contributed by atoms with van der Waals surface area (Å²) in [5.74, 6) is -1.19. The van der Waals surface area contributed by atoms with Crippen LogP contribution in [0, 0.1) is 0 Å². The van der Waals surface area contributed by atoms with Crippen molar-refractivity contribution in [1.82, 2.24) is 0 Å². The van der Waals surface area contributed by atoms with Gasteiger partial charge in [-0.05, 0) is 31.8 Å². The summed E-state index contributed by atoms with van der Waals surface area (Å²) in [6.45, 7) is 10.1. The molecule has 0 aliphatic carbocycles. The molecule has 0 heterocycles. The fourth-order valence-corrected chi connectivity index (χ4v) is 2.95. The molecule has 0 unspecified atom stereocenters. The largest absolute Gasteiger partial charge is 0.478 e. The highest BCUT2D eigenvalue weighted by atomic mass is 16.4. The maximum absolute atomic E-state index is 12.9. The van der Waals surface area contributed by atoms with Crippen LogP contribution < -0.4 is 0 Å². The van der Waals surface area contributed by atoms with E-state index >= 15 is 0 Å². The molecule has 1 amide bonds. The summed E-state index contributed by atoms with van der Waals surface area (Å²) in [5.41, 5.74) is 0. The molecule has 0 saturated heterocycles. The quantitative estimate of drug-likeness (QED) is 0.198. The lowest BCUT2D eigenvalue weighted by atomic mass is 10.1. The van der Waals surface area contributed by atoms with Gasteiger partial charge < -0.3 is 5.11 Å². The van der Waals surface area contributed by atoms with Crippen molar-refractivity contribution in [2.75, 3.05) is 19.6 Å². The average Bonchev–Trinajstić information content (AvgIpc) is 2.59. The van der Waals surface area contributed by atoms with Gasteiger partial charge in [-0.25, -0.2) is 9.59 Å². The van der Waals surface area contributed by atoms with Gasteiger partial charge in [0.05, 0.1) is 13.1 Å². The Labute approximate surface area is 153 Å². The molecule has 4 heteroatoms. The Bertz CT molecular complexity index is 440.